The first kappa shape index (κ1) is 20.6. The Bertz CT molecular complexity index is 887. The molecule has 0 unspecified atom stereocenters. The highest BCUT2D eigenvalue weighted by Gasteiger charge is 2.40. The van der Waals surface area contributed by atoms with Crippen LogP contribution < -0.4 is 10.2 Å². The van der Waals surface area contributed by atoms with Crippen LogP contribution in [0.25, 0.3) is 0 Å². The molecule has 1 fully saturated rings. The normalized spacial score (nSPS) is 15.8. The number of carbonyl (C=O) groups excluding carboxylic acids is 2. The van der Waals surface area contributed by atoms with Crippen LogP contribution in [0.15, 0.2) is 54.6 Å². The smallest absolute Gasteiger partial charge is 0.329 e. The number of amides is 2. The largest absolute Gasteiger partial charge is 0.480 e. The van der Waals surface area contributed by atoms with Crippen molar-refractivity contribution in [1.82, 2.24) is 5.32 Å². The zero-order valence-corrected chi connectivity index (χ0v) is 16.6. The minimum Gasteiger partial charge on any atom is -0.480 e. The summed E-state index contributed by atoms with van der Waals surface area (Å²) in [5, 5.41) is 12.5. The van der Waals surface area contributed by atoms with E-state index in [9.17, 15) is 19.5 Å². The summed E-state index contributed by atoms with van der Waals surface area (Å²) < 4.78 is 0. The molecule has 0 aliphatic heterocycles. The Balaban J connectivity index is 1.80. The van der Waals surface area contributed by atoms with Crippen molar-refractivity contribution in [3.05, 3.63) is 65.7 Å². The van der Waals surface area contributed by atoms with E-state index in [0.29, 0.717) is 18.4 Å². The molecule has 2 amide bonds. The summed E-state index contributed by atoms with van der Waals surface area (Å²) in [6.45, 7) is 0. The Morgan fingerprint density at radius 1 is 0.897 bits per heavy atom. The van der Waals surface area contributed by atoms with Crippen LogP contribution in [-0.2, 0) is 4.79 Å². The molecule has 2 aromatic rings. The van der Waals surface area contributed by atoms with Crippen LogP contribution >= 0.6 is 0 Å². The molecular weight excluding hydrogens is 368 g/mol. The molecule has 6 nitrogen and oxygen atoms in total. The predicted molar refractivity (Wildman–Crippen MR) is 111 cm³/mol. The summed E-state index contributed by atoms with van der Waals surface area (Å²) in [5.41, 5.74) is 0.154. The fourth-order valence-corrected chi connectivity index (χ4v) is 3.77. The van der Waals surface area contributed by atoms with Gasteiger partial charge in [-0.3, -0.25) is 9.59 Å². The molecule has 2 aromatic carbocycles. The lowest BCUT2D eigenvalue weighted by molar-refractivity contribution is -0.145. The molecule has 0 saturated heterocycles. The van der Waals surface area contributed by atoms with E-state index in [1.807, 2.05) is 30.3 Å². The number of nitrogens with zero attached hydrogens (tertiary/aromatic N) is 1. The van der Waals surface area contributed by atoms with Crippen LogP contribution in [0.3, 0.4) is 0 Å². The number of carboxylic acids is 1. The molecule has 1 saturated carbocycles. The molecule has 0 atom stereocenters. The maximum atomic E-state index is 12.9. The van der Waals surface area contributed by atoms with Crippen molar-refractivity contribution in [1.29, 1.82) is 0 Å². The van der Waals surface area contributed by atoms with Crippen molar-refractivity contribution in [3.63, 3.8) is 0 Å². The summed E-state index contributed by atoms with van der Waals surface area (Å²) >= 11 is 0. The fraction of sp³-hybridized carbons (Fsp3) is 0.348. The number of carbonyl (C=O) groups is 3. The second-order valence-electron chi connectivity index (χ2n) is 7.54. The molecule has 6 heteroatoms. The highest BCUT2D eigenvalue weighted by Crippen LogP contribution is 2.28. The number of nitrogens with one attached hydrogen (secondary N) is 1. The number of hydrogen-bond donors (Lipinski definition) is 2. The molecule has 0 bridgehead atoms. The average Bonchev–Trinajstić information content (AvgIpc) is 3.00. The Morgan fingerprint density at radius 2 is 1.52 bits per heavy atom. The molecule has 0 radical (unpaired) electrons. The Morgan fingerprint density at radius 3 is 2.14 bits per heavy atom. The maximum absolute atomic E-state index is 12.9. The molecule has 0 heterocycles. The molecular formula is C23H26N2O4. The Labute approximate surface area is 170 Å². The van der Waals surface area contributed by atoms with Crippen molar-refractivity contribution >= 4 is 23.5 Å². The molecule has 152 valence electrons. The Kier molecular flexibility index (Phi) is 6.32. The van der Waals surface area contributed by atoms with Gasteiger partial charge in [0.1, 0.15) is 5.54 Å². The van der Waals surface area contributed by atoms with E-state index in [1.165, 1.54) is 11.0 Å². The minimum atomic E-state index is -1.24. The zero-order valence-electron chi connectivity index (χ0n) is 16.6. The van der Waals surface area contributed by atoms with Gasteiger partial charge in [0.15, 0.2) is 0 Å². The van der Waals surface area contributed by atoms with E-state index < -0.39 is 17.4 Å². The lowest BCUT2D eigenvalue weighted by atomic mass is 9.89. The van der Waals surface area contributed by atoms with Crippen LogP contribution in [0.4, 0.5) is 5.69 Å². The molecule has 0 spiro atoms. The number of anilines is 1. The highest BCUT2D eigenvalue weighted by atomic mass is 16.4. The lowest BCUT2D eigenvalue weighted by Gasteiger charge is -2.29. The molecule has 3 rings (SSSR count). The van der Waals surface area contributed by atoms with Crippen molar-refractivity contribution in [3.8, 4) is 0 Å². The van der Waals surface area contributed by atoms with Crippen LogP contribution in [0.2, 0.25) is 0 Å². The SMILES string of the molecule is CN(C(=O)c1cccc(C(=O)NC2(C(=O)O)CCCCCC2)c1)c1ccccc1. The van der Waals surface area contributed by atoms with Gasteiger partial charge in [-0.2, -0.15) is 0 Å². The summed E-state index contributed by atoms with van der Waals surface area (Å²) in [4.78, 5) is 39.1. The van der Waals surface area contributed by atoms with E-state index in [2.05, 4.69) is 5.32 Å². The second-order valence-corrected chi connectivity index (χ2v) is 7.54. The molecule has 29 heavy (non-hydrogen) atoms. The third-order valence-corrected chi connectivity index (χ3v) is 5.54. The van der Waals surface area contributed by atoms with Gasteiger partial charge in [0.25, 0.3) is 11.8 Å². The van der Waals surface area contributed by atoms with E-state index in [0.717, 1.165) is 31.4 Å². The molecule has 2 N–H and O–H groups in total. The van der Waals surface area contributed by atoms with E-state index in [-0.39, 0.29) is 11.5 Å². The first-order valence-corrected chi connectivity index (χ1v) is 9.92. The summed E-state index contributed by atoms with van der Waals surface area (Å²) in [5.74, 6) is -1.71. The van der Waals surface area contributed by atoms with Crippen LogP contribution in [-0.4, -0.2) is 35.5 Å². The van der Waals surface area contributed by atoms with Crippen molar-refractivity contribution in [2.24, 2.45) is 0 Å². The third-order valence-electron chi connectivity index (χ3n) is 5.54. The topological polar surface area (TPSA) is 86.7 Å². The third kappa shape index (κ3) is 4.65. The first-order valence-electron chi connectivity index (χ1n) is 9.92. The molecule has 0 aromatic heterocycles. The van der Waals surface area contributed by atoms with E-state index in [1.54, 1.807) is 25.2 Å². The zero-order chi connectivity index (χ0) is 20.9. The van der Waals surface area contributed by atoms with E-state index in [4.69, 9.17) is 0 Å². The number of benzene rings is 2. The molecule has 1 aliphatic rings. The van der Waals surface area contributed by atoms with Gasteiger partial charge < -0.3 is 15.3 Å². The monoisotopic (exact) mass is 394 g/mol. The van der Waals surface area contributed by atoms with Gasteiger partial charge in [-0.05, 0) is 43.2 Å². The predicted octanol–water partition coefficient (Wildman–Crippen LogP) is 3.87. The van der Waals surface area contributed by atoms with Gasteiger partial charge in [0, 0.05) is 23.9 Å². The van der Waals surface area contributed by atoms with Crippen molar-refractivity contribution < 1.29 is 19.5 Å². The van der Waals surface area contributed by atoms with Gasteiger partial charge in [-0.15, -0.1) is 0 Å². The minimum absolute atomic E-state index is 0.242. The first-order chi connectivity index (χ1) is 13.9. The number of carboxylic acid groups (broad SMARTS) is 1. The van der Waals surface area contributed by atoms with Gasteiger partial charge in [0.2, 0.25) is 0 Å². The highest BCUT2D eigenvalue weighted by molar-refractivity contribution is 6.07. The number of rotatable bonds is 5. The van der Waals surface area contributed by atoms with Crippen LogP contribution in [0, 0.1) is 0 Å². The second kappa shape index (κ2) is 8.90. The lowest BCUT2D eigenvalue weighted by Crippen LogP contribution is -2.54. The van der Waals surface area contributed by atoms with Gasteiger partial charge in [0.05, 0.1) is 0 Å². The van der Waals surface area contributed by atoms with Gasteiger partial charge >= 0.3 is 5.97 Å². The number of para-hydroxylation sites is 1. The quantitative estimate of drug-likeness (QED) is 0.754. The summed E-state index contributed by atoms with van der Waals surface area (Å²) in [6.07, 6.45) is 4.33. The fourth-order valence-electron chi connectivity index (χ4n) is 3.77. The average molecular weight is 394 g/mol. The van der Waals surface area contributed by atoms with Crippen LogP contribution in [0.1, 0.15) is 59.2 Å². The maximum Gasteiger partial charge on any atom is 0.329 e. The van der Waals surface area contributed by atoms with E-state index >= 15 is 0 Å². The number of hydrogen-bond acceptors (Lipinski definition) is 3. The number of aliphatic carboxylic acids is 1. The summed E-state index contributed by atoms with van der Waals surface area (Å²) in [7, 11) is 1.68. The van der Waals surface area contributed by atoms with Crippen molar-refractivity contribution in [2.45, 2.75) is 44.1 Å². The van der Waals surface area contributed by atoms with Gasteiger partial charge in [-0.25, -0.2) is 4.79 Å². The summed E-state index contributed by atoms with van der Waals surface area (Å²) in [6, 6.07) is 15.6. The standard InChI is InChI=1S/C23H26N2O4/c1-25(19-12-5-4-6-13-19)21(27)18-11-9-10-17(16-18)20(26)24-23(22(28)29)14-7-2-3-8-15-23/h4-6,9-13,16H,2-3,7-8,14-15H2,1H3,(H,24,26)(H,28,29). The van der Waals surface area contributed by atoms with Crippen LogP contribution in [0.5, 0.6) is 0 Å². The van der Waals surface area contributed by atoms with Crippen molar-refractivity contribution in [2.75, 3.05) is 11.9 Å². The molecule has 1 aliphatic carbocycles. The van der Waals surface area contributed by atoms with Gasteiger partial charge in [-0.1, -0.05) is 49.9 Å². The Hall–Kier alpha value is -3.15.